The van der Waals surface area contributed by atoms with Gasteiger partial charge < -0.3 is 11.1 Å². The van der Waals surface area contributed by atoms with Crippen molar-refractivity contribution in [1.82, 2.24) is 0 Å². The second-order valence-electron chi connectivity index (χ2n) is 3.61. The molecule has 90 valence electrons. The third-order valence-corrected chi connectivity index (χ3v) is 3.53. The predicted molar refractivity (Wildman–Crippen MR) is 67.7 cm³/mol. The summed E-state index contributed by atoms with van der Waals surface area (Å²) in [4.78, 5) is -0.148. The monoisotopic (exact) mass is 252 g/mol. The van der Waals surface area contributed by atoms with E-state index in [1.165, 1.54) is 0 Å². The zero-order valence-corrected chi connectivity index (χ0v) is 9.95. The van der Waals surface area contributed by atoms with E-state index in [2.05, 4.69) is 5.32 Å². The zero-order valence-electron chi connectivity index (χ0n) is 9.14. The fraction of sp³-hybridized carbons (Fsp3) is 0.0909. The Balaban J connectivity index is 3.00. The van der Waals surface area contributed by atoms with Crippen LogP contribution < -0.4 is 11.1 Å². The van der Waals surface area contributed by atoms with Gasteiger partial charge in [0.1, 0.15) is 4.90 Å². The van der Waals surface area contributed by atoms with E-state index in [4.69, 9.17) is 5.73 Å². The van der Waals surface area contributed by atoms with Crippen molar-refractivity contribution in [3.05, 3.63) is 30.3 Å². The summed E-state index contributed by atoms with van der Waals surface area (Å²) in [6.07, 6.45) is 0. The summed E-state index contributed by atoms with van der Waals surface area (Å²) in [5.74, 6) is 0. The lowest BCUT2D eigenvalue weighted by Crippen LogP contribution is -2.04. The fourth-order valence-electron chi connectivity index (χ4n) is 1.83. The van der Waals surface area contributed by atoms with Crippen molar-refractivity contribution in [3.8, 4) is 0 Å². The Morgan fingerprint density at radius 3 is 2.47 bits per heavy atom. The minimum atomic E-state index is -4.31. The van der Waals surface area contributed by atoms with Crippen LogP contribution >= 0.6 is 0 Å². The zero-order chi connectivity index (χ0) is 12.6. The summed E-state index contributed by atoms with van der Waals surface area (Å²) < 4.78 is 32.1. The SMILES string of the molecule is CNc1ccc2c(N)cccc2c1S(=O)(=O)O. The quantitative estimate of drug-likeness (QED) is 0.559. The van der Waals surface area contributed by atoms with Crippen LogP contribution in [0.25, 0.3) is 10.8 Å². The van der Waals surface area contributed by atoms with Crippen molar-refractivity contribution in [2.24, 2.45) is 0 Å². The molecule has 0 spiro atoms. The average molecular weight is 252 g/mol. The van der Waals surface area contributed by atoms with Gasteiger partial charge in [-0.15, -0.1) is 0 Å². The van der Waals surface area contributed by atoms with Gasteiger partial charge in [-0.1, -0.05) is 18.2 Å². The summed E-state index contributed by atoms with van der Waals surface area (Å²) in [7, 11) is -2.72. The number of hydrogen-bond donors (Lipinski definition) is 3. The third-order valence-electron chi connectivity index (χ3n) is 2.57. The molecule has 0 unspecified atom stereocenters. The highest BCUT2D eigenvalue weighted by molar-refractivity contribution is 7.86. The van der Waals surface area contributed by atoms with Crippen molar-refractivity contribution in [2.75, 3.05) is 18.1 Å². The maximum absolute atomic E-state index is 11.4. The molecule has 0 heterocycles. The van der Waals surface area contributed by atoms with Gasteiger partial charge in [0.05, 0.1) is 5.69 Å². The molecule has 0 aromatic heterocycles. The predicted octanol–water partition coefficient (Wildman–Crippen LogP) is 1.71. The van der Waals surface area contributed by atoms with Gasteiger partial charge in [-0.2, -0.15) is 8.42 Å². The van der Waals surface area contributed by atoms with E-state index in [0.717, 1.165) is 0 Å². The highest BCUT2D eigenvalue weighted by Crippen LogP contribution is 2.32. The molecule has 2 aromatic carbocycles. The number of nitrogens with two attached hydrogens (primary N) is 1. The minimum Gasteiger partial charge on any atom is -0.398 e. The number of anilines is 2. The molecule has 0 aliphatic heterocycles. The lowest BCUT2D eigenvalue weighted by Gasteiger charge is -2.11. The molecule has 0 atom stereocenters. The highest BCUT2D eigenvalue weighted by atomic mass is 32.2. The molecule has 5 nitrogen and oxygen atoms in total. The highest BCUT2D eigenvalue weighted by Gasteiger charge is 2.19. The molecule has 0 aliphatic carbocycles. The summed E-state index contributed by atoms with van der Waals surface area (Å²) in [5.41, 5.74) is 6.57. The molecule has 0 saturated carbocycles. The van der Waals surface area contributed by atoms with Crippen LogP contribution in [0.4, 0.5) is 11.4 Å². The molecule has 0 radical (unpaired) electrons. The van der Waals surface area contributed by atoms with E-state index in [1.807, 2.05) is 0 Å². The van der Waals surface area contributed by atoms with Crippen molar-refractivity contribution in [2.45, 2.75) is 4.90 Å². The van der Waals surface area contributed by atoms with Gasteiger partial charge in [0.2, 0.25) is 0 Å². The van der Waals surface area contributed by atoms with Crippen molar-refractivity contribution < 1.29 is 13.0 Å². The number of nitrogen functional groups attached to an aromatic ring is 1. The Morgan fingerprint density at radius 1 is 1.18 bits per heavy atom. The molecule has 0 aliphatic rings. The standard InChI is InChI=1S/C11H12N2O3S/c1-13-10-6-5-7-8(3-2-4-9(7)12)11(10)17(14,15)16/h2-6,13H,12H2,1H3,(H,14,15,16). The second-order valence-corrected chi connectivity index (χ2v) is 4.97. The van der Waals surface area contributed by atoms with Crippen LogP contribution in [0.1, 0.15) is 0 Å². The van der Waals surface area contributed by atoms with Gasteiger partial charge >= 0.3 is 0 Å². The van der Waals surface area contributed by atoms with E-state index in [0.29, 0.717) is 22.1 Å². The van der Waals surface area contributed by atoms with E-state index < -0.39 is 10.1 Å². The van der Waals surface area contributed by atoms with Crippen LogP contribution in [0.2, 0.25) is 0 Å². The van der Waals surface area contributed by atoms with Gasteiger partial charge in [0, 0.05) is 23.5 Å². The number of benzene rings is 2. The third kappa shape index (κ3) is 1.92. The first kappa shape index (κ1) is 11.7. The smallest absolute Gasteiger partial charge is 0.297 e. The molecule has 0 bridgehead atoms. The van der Waals surface area contributed by atoms with Crippen LogP contribution in [0, 0.1) is 0 Å². The Hall–Kier alpha value is -1.79. The Labute approximate surface area is 99.0 Å². The first-order chi connectivity index (χ1) is 7.95. The Bertz CT molecular complexity index is 680. The van der Waals surface area contributed by atoms with Crippen LogP contribution in [0.15, 0.2) is 35.2 Å². The van der Waals surface area contributed by atoms with Crippen molar-refractivity contribution in [3.63, 3.8) is 0 Å². The molecular formula is C11H12N2O3S. The van der Waals surface area contributed by atoms with Gasteiger partial charge in [-0.3, -0.25) is 4.55 Å². The molecule has 4 N–H and O–H groups in total. The first-order valence-electron chi connectivity index (χ1n) is 4.91. The summed E-state index contributed by atoms with van der Waals surface area (Å²) >= 11 is 0. The molecule has 0 fully saturated rings. The van der Waals surface area contributed by atoms with E-state index >= 15 is 0 Å². The molecule has 0 saturated heterocycles. The number of rotatable bonds is 2. The van der Waals surface area contributed by atoms with E-state index in [1.54, 1.807) is 37.4 Å². The topological polar surface area (TPSA) is 92.4 Å². The average Bonchev–Trinajstić information content (AvgIpc) is 2.26. The Morgan fingerprint density at radius 2 is 1.88 bits per heavy atom. The Kier molecular flexibility index (Phi) is 2.68. The van der Waals surface area contributed by atoms with Crippen LogP contribution in [-0.2, 0) is 10.1 Å². The lowest BCUT2D eigenvalue weighted by atomic mass is 10.1. The minimum absolute atomic E-state index is 0.148. The first-order valence-corrected chi connectivity index (χ1v) is 6.35. The van der Waals surface area contributed by atoms with Crippen molar-refractivity contribution >= 4 is 32.3 Å². The molecule has 0 amide bonds. The maximum atomic E-state index is 11.4. The van der Waals surface area contributed by atoms with Gasteiger partial charge in [-0.05, 0) is 12.1 Å². The molecule has 2 rings (SSSR count). The maximum Gasteiger partial charge on any atom is 0.297 e. The molecule has 6 heteroatoms. The number of nitrogens with one attached hydrogen (secondary N) is 1. The number of fused-ring (bicyclic) bond motifs is 1. The van der Waals surface area contributed by atoms with Crippen LogP contribution in [-0.4, -0.2) is 20.0 Å². The van der Waals surface area contributed by atoms with E-state index in [9.17, 15) is 13.0 Å². The largest absolute Gasteiger partial charge is 0.398 e. The van der Waals surface area contributed by atoms with Crippen molar-refractivity contribution in [1.29, 1.82) is 0 Å². The molecular weight excluding hydrogens is 240 g/mol. The van der Waals surface area contributed by atoms with Crippen LogP contribution in [0.5, 0.6) is 0 Å². The molecule has 17 heavy (non-hydrogen) atoms. The van der Waals surface area contributed by atoms with Crippen LogP contribution in [0.3, 0.4) is 0 Å². The fourth-order valence-corrected chi connectivity index (χ4v) is 2.73. The van der Waals surface area contributed by atoms with E-state index in [-0.39, 0.29) is 4.90 Å². The normalized spacial score (nSPS) is 11.6. The second kappa shape index (κ2) is 3.90. The van der Waals surface area contributed by atoms with Gasteiger partial charge in [0.15, 0.2) is 0 Å². The summed E-state index contributed by atoms with van der Waals surface area (Å²) in [5, 5.41) is 3.73. The molecule has 2 aromatic rings. The summed E-state index contributed by atoms with van der Waals surface area (Å²) in [6, 6.07) is 8.21. The van der Waals surface area contributed by atoms with Gasteiger partial charge in [-0.25, -0.2) is 0 Å². The number of hydrogen-bond acceptors (Lipinski definition) is 4. The van der Waals surface area contributed by atoms with Gasteiger partial charge in [0.25, 0.3) is 10.1 Å². The summed E-state index contributed by atoms with van der Waals surface area (Å²) in [6.45, 7) is 0. The lowest BCUT2D eigenvalue weighted by molar-refractivity contribution is 0.484.